The van der Waals surface area contributed by atoms with E-state index in [4.69, 9.17) is 0 Å². The van der Waals surface area contributed by atoms with Crippen molar-refractivity contribution in [3.8, 4) is 0 Å². The number of carbonyl (C=O) groups is 1. The standard InChI is InChI=1S/C14H18F2N2O/c1-9-6-11(16)12(7-10(9)15)18-13(19)14(2)4-3-5-17-8-14/h6-7,17H,3-5,8H2,1-2H3,(H,18,19). The van der Waals surface area contributed by atoms with E-state index in [2.05, 4.69) is 10.6 Å². The van der Waals surface area contributed by atoms with E-state index in [1.807, 2.05) is 6.92 Å². The van der Waals surface area contributed by atoms with Crippen LogP contribution in [-0.4, -0.2) is 19.0 Å². The Kier molecular flexibility index (Phi) is 3.85. The highest BCUT2D eigenvalue weighted by atomic mass is 19.1. The van der Waals surface area contributed by atoms with Crippen LogP contribution in [0.15, 0.2) is 12.1 Å². The minimum Gasteiger partial charge on any atom is -0.323 e. The number of nitrogens with one attached hydrogen (secondary N) is 2. The van der Waals surface area contributed by atoms with Crippen LogP contribution in [0.25, 0.3) is 0 Å². The van der Waals surface area contributed by atoms with Crippen molar-refractivity contribution in [3.63, 3.8) is 0 Å². The molecule has 0 radical (unpaired) electrons. The maximum absolute atomic E-state index is 13.7. The van der Waals surface area contributed by atoms with Crippen LogP contribution >= 0.6 is 0 Å². The summed E-state index contributed by atoms with van der Waals surface area (Å²) in [6.45, 7) is 4.75. The number of halogens is 2. The van der Waals surface area contributed by atoms with E-state index >= 15 is 0 Å². The Morgan fingerprint density at radius 2 is 2.11 bits per heavy atom. The lowest BCUT2D eigenvalue weighted by Gasteiger charge is -2.32. The summed E-state index contributed by atoms with van der Waals surface area (Å²) in [6.07, 6.45) is 1.64. The lowest BCUT2D eigenvalue weighted by Crippen LogP contribution is -2.46. The molecule has 0 spiro atoms. The van der Waals surface area contributed by atoms with Crippen molar-refractivity contribution < 1.29 is 13.6 Å². The molecule has 5 heteroatoms. The third-order valence-electron chi connectivity index (χ3n) is 3.64. The first-order valence-corrected chi connectivity index (χ1v) is 6.40. The summed E-state index contributed by atoms with van der Waals surface area (Å²) in [5, 5.41) is 5.64. The fourth-order valence-electron chi connectivity index (χ4n) is 2.27. The maximum atomic E-state index is 13.7. The van der Waals surface area contributed by atoms with Gasteiger partial charge in [-0.05, 0) is 44.9 Å². The predicted molar refractivity (Wildman–Crippen MR) is 69.9 cm³/mol. The smallest absolute Gasteiger partial charge is 0.231 e. The fourth-order valence-corrected chi connectivity index (χ4v) is 2.27. The van der Waals surface area contributed by atoms with E-state index in [1.165, 1.54) is 6.92 Å². The molecule has 0 bridgehead atoms. The summed E-state index contributed by atoms with van der Waals surface area (Å²) >= 11 is 0. The Balaban J connectivity index is 2.16. The highest BCUT2D eigenvalue weighted by Gasteiger charge is 2.35. The molecule has 2 rings (SSSR count). The van der Waals surface area contributed by atoms with Gasteiger partial charge in [0.1, 0.15) is 11.6 Å². The lowest BCUT2D eigenvalue weighted by atomic mass is 9.82. The summed E-state index contributed by atoms with van der Waals surface area (Å²) in [5.41, 5.74) is -0.451. The molecule has 1 aliphatic rings. The highest BCUT2D eigenvalue weighted by Crippen LogP contribution is 2.28. The molecule has 2 N–H and O–H groups in total. The lowest BCUT2D eigenvalue weighted by molar-refractivity contribution is -0.125. The van der Waals surface area contributed by atoms with Gasteiger partial charge in [0.05, 0.1) is 11.1 Å². The third kappa shape index (κ3) is 2.92. The van der Waals surface area contributed by atoms with Crippen molar-refractivity contribution in [1.82, 2.24) is 5.32 Å². The second kappa shape index (κ2) is 5.25. The normalized spacial score (nSPS) is 23.2. The number of carbonyl (C=O) groups excluding carboxylic acids is 1. The van der Waals surface area contributed by atoms with E-state index in [0.717, 1.165) is 31.5 Å². The molecule has 1 unspecified atom stereocenters. The zero-order valence-corrected chi connectivity index (χ0v) is 11.1. The largest absolute Gasteiger partial charge is 0.323 e. The predicted octanol–water partition coefficient (Wildman–Crippen LogP) is 2.60. The van der Waals surface area contributed by atoms with Gasteiger partial charge in [0.25, 0.3) is 0 Å². The first kappa shape index (κ1) is 13.9. The van der Waals surface area contributed by atoms with Crippen molar-refractivity contribution in [2.45, 2.75) is 26.7 Å². The molecule has 1 heterocycles. The topological polar surface area (TPSA) is 41.1 Å². The van der Waals surface area contributed by atoms with Crippen LogP contribution < -0.4 is 10.6 Å². The molecule has 1 atom stereocenters. The average Bonchev–Trinajstić information content (AvgIpc) is 2.36. The van der Waals surface area contributed by atoms with Gasteiger partial charge >= 0.3 is 0 Å². The van der Waals surface area contributed by atoms with Crippen LogP contribution in [0.1, 0.15) is 25.3 Å². The zero-order chi connectivity index (χ0) is 14.0. The minimum atomic E-state index is -0.611. The highest BCUT2D eigenvalue weighted by molar-refractivity contribution is 5.95. The Morgan fingerprint density at radius 3 is 2.74 bits per heavy atom. The molecule has 1 saturated heterocycles. The Hall–Kier alpha value is -1.49. The van der Waals surface area contributed by atoms with E-state index in [0.29, 0.717) is 6.54 Å². The van der Waals surface area contributed by atoms with Gasteiger partial charge in [-0.15, -0.1) is 0 Å². The van der Waals surface area contributed by atoms with Gasteiger partial charge in [-0.25, -0.2) is 8.78 Å². The molecule has 0 aliphatic carbocycles. The van der Waals surface area contributed by atoms with Gasteiger partial charge < -0.3 is 10.6 Å². The van der Waals surface area contributed by atoms with Crippen LogP contribution in [0.4, 0.5) is 14.5 Å². The first-order chi connectivity index (χ1) is 8.92. The molecule has 1 fully saturated rings. The second-order valence-corrected chi connectivity index (χ2v) is 5.38. The van der Waals surface area contributed by atoms with E-state index in [1.54, 1.807) is 0 Å². The van der Waals surface area contributed by atoms with Gasteiger partial charge in [0, 0.05) is 12.6 Å². The number of rotatable bonds is 2. The Labute approximate surface area is 111 Å². The number of hydrogen-bond acceptors (Lipinski definition) is 2. The number of anilines is 1. The van der Waals surface area contributed by atoms with Crippen molar-refractivity contribution in [1.29, 1.82) is 0 Å². The quantitative estimate of drug-likeness (QED) is 0.865. The van der Waals surface area contributed by atoms with Crippen LogP contribution in [-0.2, 0) is 4.79 Å². The molecule has 19 heavy (non-hydrogen) atoms. The molecule has 0 saturated carbocycles. The number of aryl methyl sites for hydroxylation is 1. The summed E-state index contributed by atoms with van der Waals surface area (Å²) in [4.78, 5) is 12.2. The summed E-state index contributed by atoms with van der Waals surface area (Å²) in [5.74, 6) is -1.41. The summed E-state index contributed by atoms with van der Waals surface area (Å²) in [6, 6.07) is 2.12. The van der Waals surface area contributed by atoms with Crippen LogP contribution in [0, 0.1) is 24.0 Å². The SMILES string of the molecule is Cc1cc(F)c(NC(=O)C2(C)CCCNC2)cc1F. The number of benzene rings is 1. The second-order valence-electron chi connectivity index (χ2n) is 5.38. The third-order valence-corrected chi connectivity index (χ3v) is 3.64. The van der Waals surface area contributed by atoms with Gasteiger partial charge in [-0.3, -0.25) is 4.79 Å². The van der Waals surface area contributed by atoms with E-state index in [9.17, 15) is 13.6 Å². The molecule has 1 amide bonds. The van der Waals surface area contributed by atoms with Gasteiger partial charge in [0.15, 0.2) is 0 Å². The van der Waals surface area contributed by atoms with Crippen molar-refractivity contribution in [3.05, 3.63) is 29.3 Å². The number of piperidine rings is 1. The van der Waals surface area contributed by atoms with E-state index < -0.39 is 17.0 Å². The van der Waals surface area contributed by atoms with Crippen molar-refractivity contribution >= 4 is 11.6 Å². The zero-order valence-electron chi connectivity index (χ0n) is 11.1. The Bertz CT molecular complexity index is 496. The molecule has 1 aromatic rings. The number of hydrogen-bond donors (Lipinski definition) is 2. The molecular weight excluding hydrogens is 250 g/mol. The average molecular weight is 268 g/mol. The van der Waals surface area contributed by atoms with Crippen molar-refractivity contribution in [2.24, 2.45) is 5.41 Å². The van der Waals surface area contributed by atoms with Crippen LogP contribution in [0.3, 0.4) is 0 Å². The van der Waals surface area contributed by atoms with E-state index in [-0.39, 0.29) is 17.2 Å². The molecular formula is C14H18F2N2O. The molecule has 1 aliphatic heterocycles. The molecule has 3 nitrogen and oxygen atoms in total. The first-order valence-electron chi connectivity index (χ1n) is 6.40. The monoisotopic (exact) mass is 268 g/mol. The fraction of sp³-hybridized carbons (Fsp3) is 0.500. The van der Waals surface area contributed by atoms with Crippen LogP contribution in [0.2, 0.25) is 0 Å². The summed E-state index contributed by atoms with van der Waals surface area (Å²) in [7, 11) is 0. The molecule has 0 aromatic heterocycles. The maximum Gasteiger partial charge on any atom is 0.231 e. The van der Waals surface area contributed by atoms with Crippen molar-refractivity contribution in [2.75, 3.05) is 18.4 Å². The number of amides is 1. The Morgan fingerprint density at radius 1 is 1.37 bits per heavy atom. The van der Waals surface area contributed by atoms with Gasteiger partial charge in [-0.1, -0.05) is 0 Å². The van der Waals surface area contributed by atoms with Gasteiger partial charge in [-0.2, -0.15) is 0 Å². The molecule has 104 valence electrons. The minimum absolute atomic E-state index is 0.0973. The van der Waals surface area contributed by atoms with Crippen LogP contribution in [0.5, 0.6) is 0 Å². The van der Waals surface area contributed by atoms with Gasteiger partial charge in [0.2, 0.25) is 5.91 Å². The summed E-state index contributed by atoms with van der Waals surface area (Å²) < 4.78 is 27.1. The molecule has 1 aromatic carbocycles.